The average molecular weight is 262 g/mol. The van der Waals surface area contributed by atoms with Crippen LogP contribution in [-0.2, 0) is 9.59 Å². The first-order valence-corrected chi connectivity index (χ1v) is 6.81. The SMILES string of the molecule is CC(=O)NC(CCSCCCN(C)C)C(=O)O. The molecule has 0 radical (unpaired) electrons. The van der Waals surface area contributed by atoms with Crippen molar-refractivity contribution in [1.29, 1.82) is 0 Å². The van der Waals surface area contributed by atoms with Crippen LogP contribution in [0.25, 0.3) is 0 Å². The van der Waals surface area contributed by atoms with E-state index in [2.05, 4.69) is 10.2 Å². The Hall–Kier alpha value is -0.750. The Balaban J connectivity index is 3.61. The lowest BCUT2D eigenvalue weighted by Crippen LogP contribution is -2.39. The van der Waals surface area contributed by atoms with Gasteiger partial charge in [-0.1, -0.05) is 0 Å². The highest BCUT2D eigenvalue weighted by Gasteiger charge is 2.17. The topological polar surface area (TPSA) is 69.6 Å². The van der Waals surface area contributed by atoms with Crippen molar-refractivity contribution in [3.63, 3.8) is 0 Å². The minimum absolute atomic E-state index is 0.296. The van der Waals surface area contributed by atoms with Crippen molar-refractivity contribution in [3.05, 3.63) is 0 Å². The van der Waals surface area contributed by atoms with Crippen molar-refractivity contribution in [2.75, 3.05) is 32.1 Å². The van der Waals surface area contributed by atoms with Gasteiger partial charge in [-0.05, 0) is 45.0 Å². The number of hydrogen-bond donors (Lipinski definition) is 2. The molecule has 0 saturated carbocycles. The van der Waals surface area contributed by atoms with E-state index in [9.17, 15) is 9.59 Å². The molecule has 1 unspecified atom stereocenters. The second-order valence-corrected chi connectivity index (χ2v) is 5.37. The summed E-state index contributed by atoms with van der Waals surface area (Å²) in [6.07, 6.45) is 1.57. The second kappa shape index (κ2) is 9.30. The molecule has 0 heterocycles. The highest BCUT2D eigenvalue weighted by Crippen LogP contribution is 2.07. The Morgan fingerprint density at radius 3 is 2.47 bits per heavy atom. The quantitative estimate of drug-likeness (QED) is 0.597. The molecule has 1 amide bonds. The number of carbonyl (C=O) groups is 2. The molecule has 6 heteroatoms. The molecule has 0 aliphatic heterocycles. The van der Waals surface area contributed by atoms with E-state index in [1.165, 1.54) is 6.92 Å². The summed E-state index contributed by atoms with van der Waals surface area (Å²) in [5.41, 5.74) is 0. The van der Waals surface area contributed by atoms with Crippen molar-refractivity contribution < 1.29 is 14.7 Å². The molecule has 1 atom stereocenters. The zero-order valence-electron chi connectivity index (χ0n) is 10.7. The summed E-state index contributed by atoms with van der Waals surface area (Å²) in [6.45, 7) is 2.38. The molecule has 0 saturated heterocycles. The molecule has 0 aromatic rings. The third-order valence-corrected chi connectivity index (χ3v) is 3.22. The molecule has 0 aliphatic rings. The predicted octanol–water partition coefficient (Wildman–Crippen LogP) is 0.651. The Bertz CT molecular complexity index is 247. The molecule has 17 heavy (non-hydrogen) atoms. The number of thioether (sulfide) groups is 1. The van der Waals surface area contributed by atoms with E-state index in [4.69, 9.17) is 5.11 Å². The molecule has 0 fully saturated rings. The predicted molar refractivity (Wildman–Crippen MR) is 70.4 cm³/mol. The van der Waals surface area contributed by atoms with Crippen LogP contribution in [0.2, 0.25) is 0 Å². The molecule has 5 nitrogen and oxygen atoms in total. The Morgan fingerprint density at radius 2 is 2.00 bits per heavy atom. The van der Waals surface area contributed by atoms with Crippen LogP contribution in [-0.4, -0.2) is 60.1 Å². The summed E-state index contributed by atoms with van der Waals surface area (Å²) in [5, 5.41) is 11.3. The van der Waals surface area contributed by atoms with Gasteiger partial charge in [0.05, 0.1) is 0 Å². The number of carboxylic acid groups (broad SMARTS) is 1. The summed E-state index contributed by atoms with van der Waals surface area (Å²) in [5.74, 6) is 0.513. The van der Waals surface area contributed by atoms with Gasteiger partial charge in [-0.2, -0.15) is 11.8 Å². The lowest BCUT2D eigenvalue weighted by molar-refractivity contribution is -0.141. The summed E-state index contributed by atoms with van der Waals surface area (Å²) >= 11 is 1.73. The van der Waals surface area contributed by atoms with E-state index >= 15 is 0 Å². The molecule has 100 valence electrons. The van der Waals surface area contributed by atoms with Crippen molar-refractivity contribution in [2.24, 2.45) is 0 Å². The standard InChI is InChI=1S/C11H22N2O3S/c1-9(14)12-10(11(15)16)5-8-17-7-4-6-13(2)3/h10H,4-8H2,1-3H3,(H,12,14)(H,15,16). The van der Waals surface area contributed by atoms with Crippen LogP contribution >= 0.6 is 11.8 Å². The van der Waals surface area contributed by atoms with Gasteiger partial charge in [0.1, 0.15) is 6.04 Å². The van der Waals surface area contributed by atoms with Crippen LogP contribution in [0.1, 0.15) is 19.8 Å². The summed E-state index contributed by atoms with van der Waals surface area (Å²) in [6, 6.07) is -0.756. The zero-order valence-corrected chi connectivity index (χ0v) is 11.5. The summed E-state index contributed by atoms with van der Waals surface area (Å²) < 4.78 is 0. The smallest absolute Gasteiger partial charge is 0.326 e. The van der Waals surface area contributed by atoms with Crippen LogP contribution < -0.4 is 5.32 Å². The Morgan fingerprint density at radius 1 is 1.35 bits per heavy atom. The van der Waals surface area contributed by atoms with Gasteiger partial charge < -0.3 is 15.3 Å². The number of carbonyl (C=O) groups excluding carboxylic acids is 1. The van der Waals surface area contributed by atoms with Crippen LogP contribution in [0, 0.1) is 0 Å². The third-order valence-electron chi connectivity index (χ3n) is 2.12. The monoisotopic (exact) mass is 262 g/mol. The maximum atomic E-state index is 10.8. The minimum Gasteiger partial charge on any atom is -0.480 e. The number of nitrogens with zero attached hydrogens (tertiary/aromatic N) is 1. The van der Waals surface area contributed by atoms with Crippen molar-refractivity contribution in [2.45, 2.75) is 25.8 Å². The van der Waals surface area contributed by atoms with Crippen molar-refractivity contribution in [1.82, 2.24) is 10.2 Å². The van der Waals surface area contributed by atoms with Crippen molar-refractivity contribution >= 4 is 23.6 Å². The number of carboxylic acids is 1. The van der Waals surface area contributed by atoms with E-state index in [1.54, 1.807) is 11.8 Å². The number of amides is 1. The average Bonchev–Trinajstić information content (AvgIpc) is 2.20. The van der Waals surface area contributed by atoms with Crippen LogP contribution in [0.15, 0.2) is 0 Å². The van der Waals surface area contributed by atoms with Gasteiger partial charge in [0.2, 0.25) is 5.91 Å². The van der Waals surface area contributed by atoms with Crippen LogP contribution in [0.5, 0.6) is 0 Å². The first-order valence-electron chi connectivity index (χ1n) is 5.66. The zero-order chi connectivity index (χ0) is 13.3. The maximum Gasteiger partial charge on any atom is 0.326 e. The van der Waals surface area contributed by atoms with E-state index in [0.29, 0.717) is 6.42 Å². The Kier molecular flexibility index (Phi) is 8.89. The third kappa shape index (κ3) is 10.1. The molecule has 0 aromatic heterocycles. The van der Waals surface area contributed by atoms with Gasteiger partial charge in [-0.25, -0.2) is 4.79 Å². The first kappa shape index (κ1) is 16.2. The largest absolute Gasteiger partial charge is 0.480 e. The number of hydrogen-bond acceptors (Lipinski definition) is 4. The van der Waals surface area contributed by atoms with Gasteiger partial charge in [0.15, 0.2) is 0 Å². The first-order chi connectivity index (χ1) is 7.93. The minimum atomic E-state index is -0.964. The fourth-order valence-electron chi connectivity index (χ4n) is 1.29. The van der Waals surface area contributed by atoms with E-state index < -0.39 is 12.0 Å². The molecular formula is C11H22N2O3S. The maximum absolute atomic E-state index is 10.8. The number of aliphatic carboxylic acids is 1. The highest BCUT2D eigenvalue weighted by atomic mass is 32.2. The van der Waals surface area contributed by atoms with Crippen molar-refractivity contribution in [3.8, 4) is 0 Å². The van der Waals surface area contributed by atoms with Gasteiger partial charge in [0, 0.05) is 6.92 Å². The molecule has 0 bridgehead atoms. The fourth-order valence-corrected chi connectivity index (χ4v) is 2.23. The van der Waals surface area contributed by atoms with E-state index in [-0.39, 0.29) is 5.91 Å². The van der Waals surface area contributed by atoms with Crippen LogP contribution in [0.3, 0.4) is 0 Å². The van der Waals surface area contributed by atoms with Crippen LogP contribution in [0.4, 0.5) is 0 Å². The van der Waals surface area contributed by atoms with Gasteiger partial charge in [-0.15, -0.1) is 0 Å². The molecular weight excluding hydrogens is 240 g/mol. The summed E-state index contributed by atoms with van der Waals surface area (Å²) in [4.78, 5) is 23.7. The van der Waals surface area contributed by atoms with Gasteiger partial charge in [0.25, 0.3) is 0 Å². The van der Waals surface area contributed by atoms with E-state index in [1.807, 2.05) is 14.1 Å². The molecule has 0 spiro atoms. The molecule has 0 aliphatic carbocycles. The fraction of sp³-hybridized carbons (Fsp3) is 0.818. The summed E-state index contributed by atoms with van der Waals surface area (Å²) in [7, 11) is 4.06. The number of nitrogens with one attached hydrogen (secondary N) is 1. The lowest BCUT2D eigenvalue weighted by Gasteiger charge is -2.13. The van der Waals surface area contributed by atoms with E-state index in [0.717, 1.165) is 24.5 Å². The normalized spacial score (nSPS) is 12.5. The molecule has 0 rings (SSSR count). The van der Waals surface area contributed by atoms with Gasteiger partial charge in [-0.3, -0.25) is 4.79 Å². The number of rotatable bonds is 9. The Labute approximate surface area is 107 Å². The van der Waals surface area contributed by atoms with Gasteiger partial charge >= 0.3 is 5.97 Å². The second-order valence-electron chi connectivity index (χ2n) is 4.15. The highest BCUT2D eigenvalue weighted by molar-refractivity contribution is 7.99. The lowest BCUT2D eigenvalue weighted by atomic mass is 10.2. The molecule has 2 N–H and O–H groups in total. The molecule has 0 aromatic carbocycles.